The van der Waals surface area contributed by atoms with E-state index < -0.39 is 24.5 Å². The summed E-state index contributed by atoms with van der Waals surface area (Å²) in [6.07, 6.45) is 6.64. The molecule has 0 aromatic rings. The summed E-state index contributed by atoms with van der Waals surface area (Å²) >= 11 is 0. The van der Waals surface area contributed by atoms with Gasteiger partial charge in [0.05, 0.1) is 12.2 Å². The van der Waals surface area contributed by atoms with Gasteiger partial charge in [-0.1, -0.05) is 18.6 Å². The van der Waals surface area contributed by atoms with Crippen molar-refractivity contribution in [1.82, 2.24) is 0 Å². The number of esters is 1. The Kier molecular flexibility index (Phi) is 10.5. The van der Waals surface area contributed by atoms with Gasteiger partial charge in [0.2, 0.25) is 0 Å². The molecule has 5 atom stereocenters. The van der Waals surface area contributed by atoms with Gasteiger partial charge in [-0.25, -0.2) is 4.79 Å². The molecule has 1 heterocycles. The highest BCUT2D eigenvalue weighted by atomic mass is 16.7. The van der Waals surface area contributed by atoms with Crippen molar-refractivity contribution in [3.8, 4) is 0 Å². The molecule has 1 rings (SSSR count). The van der Waals surface area contributed by atoms with Gasteiger partial charge in [-0.3, -0.25) is 4.79 Å². The fourth-order valence-electron chi connectivity index (χ4n) is 2.79. The summed E-state index contributed by atoms with van der Waals surface area (Å²) in [6.45, 7) is 8.77. The quantitative estimate of drug-likeness (QED) is 0.354. The van der Waals surface area contributed by atoms with E-state index in [1.165, 1.54) is 6.92 Å². The van der Waals surface area contributed by atoms with Gasteiger partial charge in [-0.05, 0) is 60.0 Å². The number of hydrogen-bond donors (Lipinski definition) is 1. The third-order valence-electron chi connectivity index (χ3n) is 4.62. The van der Waals surface area contributed by atoms with Crippen LogP contribution in [0.2, 0.25) is 0 Å². The minimum Gasteiger partial charge on any atom is -0.456 e. The molecule has 27 heavy (non-hydrogen) atoms. The summed E-state index contributed by atoms with van der Waals surface area (Å²) in [5.41, 5.74) is 0.529. The lowest BCUT2D eigenvalue weighted by atomic mass is 10.0. The van der Waals surface area contributed by atoms with E-state index >= 15 is 0 Å². The number of ketones is 1. The molecule has 1 aliphatic heterocycles. The van der Waals surface area contributed by atoms with Crippen LogP contribution in [0.15, 0.2) is 23.8 Å². The third-order valence-corrected chi connectivity index (χ3v) is 4.62. The molecule has 154 valence electrons. The van der Waals surface area contributed by atoms with E-state index in [1.807, 2.05) is 19.9 Å². The molecular formula is C21H34O6. The molecule has 1 N–H and O–H groups in total. The van der Waals surface area contributed by atoms with E-state index in [-0.39, 0.29) is 24.4 Å². The number of ether oxygens (including phenoxy) is 3. The fourth-order valence-corrected chi connectivity index (χ4v) is 2.79. The first kappa shape index (κ1) is 23.5. The zero-order chi connectivity index (χ0) is 20.4. The normalized spacial score (nSPS) is 27.6. The van der Waals surface area contributed by atoms with Crippen molar-refractivity contribution in [3.63, 3.8) is 0 Å². The highest BCUT2D eigenvalue weighted by molar-refractivity contribution is 5.87. The minimum absolute atomic E-state index is 0.0574. The molecule has 0 bridgehead atoms. The summed E-state index contributed by atoms with van der Waals surface area (Å²) in [7, 11) is 0. The molecule has 1 aliphatic rings. The van der Waals surface area contributed by atoms with Gasteiger partial charge in [0.15, 0.2) is 12.1 Å². The van der Waals surface area contributed by atoms with Crippen LogP contribution in [0.25, 0.3) is 0 Å². The summed E-state index contributed by atoms with van der Waals surface area (Å²) in [5, 5.41) is 10.3. The van der Waals surface area contributed by atoms with Crippen LogP contribution in [0, 0.1) is 0 Å². The maximum atomic E-state index is 11.9. The van der Waals surface area contributed by atoms with Gasteiger partial charge in [0, 0.05) is 12.0 Å². The van der Waals surface area contributed by atoms with Crippen molar-refractivity contribution in [1.29, 1.82) is 0 Å². The number of rotatable bonds is 10. The van der Waals surface area contributed by atoms with Crippen LogP contribution in [0.3, 0.4) is 0 Å². The van der Waals surface area contributed by atoms with Crippen LogP contribution in [-0.4, -0.2) is 47.6 Å². The predicted octanol–water partition coefficient (Wildman–Crippen LogP) is 3.47. The van der Waals surface area contributed by atoms with Crippen LogP contribution >= 0.6 is 0 Å². The Morgan fingerprint density at radius 3 is 2.63 bits per heavy atom. The molecular weight excluding hydrogens is 348 g/mol. The van der Waals surface area contributed by atoms with Gasteiger partial charge >= 0.3 is 5.97 Å². The number of allylic oxidation sites excluding steroid dienone is 3. The second kappa shape index (κ2) is 12.1. The monoisotopic (exact) mass is 382 g/mol. The number of aliphatic hydroxyl groups is 1. The van der Waals surface area contributed by atoms with Gasteiger partial charge in [0.1, 0.15) is 12.2 Å². The van der Waals surface area contributed by atoms with Crippen LogP contribution in [0.4, 0.5) is 0 Å². The molecule has 2 unspecified atom stereocenters. The molecule has 0 saturated carbocycles. The number of carbonyl (C=O) groups is 2. The van der Waals surface area contributed by atoms with Crippen LogP contribution in [0.1, 0.15) is 66.7 Å². The molecule has 6 heteroatoms. The summed E-state index contributed by atoms with van der Waals surface area (Å²) in [5.74, 6) is -0.328. The van der Waals surface area contributed by atoms with Crippen molar-refractivity contribution in [2.75, 3.05) is 0 Å². The maximum Gasteiger partial charge on any atom is 0.333 e. The number of hydrogen-bond acceptors (Lipinski definition) is 6. The van der Waals surface area contributed by atoms with E-state index in [0.717, 1.165) is 25.7 Å². The molecule has 0 aromatic carbocycles. The van der Waals surface area contributed by atoms with E-state index in [9.17, 15) is 14.7 Å². The summed E-state index contributed by atoms with van der Waals surface area (Å²) < 4.78 is 17.0. The SMILES string of the molecule is C/C=C(\C)C(=O)O[C@@H]1CC(O)[C@H](O[C@H](C)CCCC/C=C/C(C)=O)OC1C. The standard InChI is InChI=1S/C21H34O6/c1-6-14(2)20(24)27-19-13-18(23)21(26-17(19)5)25-16(4)12-10-8-7-9-11-15(3)22/h6,9,11,16-19,21,23H,7-8,10,12-13H2,1-5H3/b11-9+,14-6+/t16-,17?,18?,19-,21-/m1/s1. The Morgan fingerprint density at radius 2 is 2.00 bits per heavy atom. The van der Waals surface area contributed by atoms with E-state index in [4.69, 9.17) is 14.2 Å². The third kappa shape index (κ3) is 8.82. The number of aliphatic hydroxyl groups excluding tert-OH is 1. The average molecular weight is 382 g/mol. The Bertz CT molecular complexity index is 539. The molecule has 6 nitrogen and oxygen atoms in total. The highest BCUT2D eigenvalue weighted by Gasteiger charge is 2.38. The maximum absolute atomic E-state index is 11.9. The summed E-state index contributed by atoms with van der Waals surface area (Å²) in [6, 6.07) is 0. The molecule has 0 aromatic heterocycles. The predicted molar refractivity (Wildman–Crippen MR) is 103 cm³/mol. The topological polar surface area (TPSA) is 82.1 Å². The second-order valence-electron chi connectivity index (χ2n) is 7.17. The first-order chi connectivity index (χ1) is 12.7. The average Bonchev–Trinajstić information content (AvgIpc) is 2.61. The van der Waals surface area contributed by atoms with E-state index in [0.29, 0.717) is 5.57 Å². The van der Waals surface area contributed by atoms with Crippen molar-refractivity contribution < 1.29 is 28.9 Å². The largest absolute Gasteiger partial charge is 0.456 e. The second-order valence-corrected chi connectivity index (χ2v) is 7.17. The molecule has 0 aliphatic carbocycles. The highest BCUT2D eigenvalue weighted by Crippen LogP contribution is 2.25. The molecule has 0 amide bonds. The number of carbonyl (C=O) groups excluding carboxylic acids is 2. The lowest BCUT2D eigenvalue weighted by Crippen LogP contribution is -2.49. The first-order valence-corrected chi connectivity index (χ1v) is 9.74. The zero-order valence-corrected chi connectivity index (χ0v) is 17.1. The Labute approximate surface area is 162 Å². The lowest BCUT2D eigenvalue weighted by molar-refractivity contribution is -0.275. The smallest absolute Gasteiger partial charge is 0.333 e. The summed E-state index contributed by atoms with van der Waals surface area (Å²) in [4.78, 5) is 22.7. The molecule has 1 saturated heterocycles. The Balaban J connectivity index is 2.36. The van der Waals surface area contributed by atoms with Crippen LogP contribution in [-0.2, 0) is 23.8 Å². The van der Waals surface area contributed by atoms with Crippen LogP contribution in [0.5, 0.6) is 0 Å². The van der Waals surface area contributed by atoms with Crippen LogP contribution < -0.4 is 0 Å². The number of unbranched alkanes of at least 4 members (excludes halogenated alkanes) is 2. The zero-order valence-electron chi connectivity index (χ0n) is 17.1. The Hall–Kier alpha value is -1.50. The molecule has 0 spiro atoms. The van der Waals surface area contributed by atoms with Crippen molar-refractivity contribution in [3.05, 3.63) is 23.8 Å². The molecule has 1 fully saturated rings. The Morgan fingerprint density at radius 1 is 1.30 bits per heavy atom. The molecule has 0 radical (unpaired) electrons. The van der Waals surface area contributed by atoms with Gasteiger partial charge in [0.25, 0.3) is 0 Å². The van der Waals surface area contributed by atoms with Gasteiger partial charge < -0.3 is 19.3 Å². The lowest BCUT2D eigenvalue weighted by Gasteiger charge is -2.38. The van der Waals surface area contributed by atoms with Gasteiger partial charge in [-0.2, -0.15) is 0 Å². The van der Waals surface area contributed by atoms with Crippen molar-refractivity contribution >= 4 is 11.8 Å². The fraction of sp³-hybridized carbons (Fsp3) is 0.714. The first-order valence-electron chi connectivity index (χ1n) is 9.74. The van der Waals surface area contributed by atoms with Gasteiger partial charge in [-0.15, -0.1) is 0 Å². The van der Waals surface area contributed by atoms with Crippen molar-refractivity contribution in [2.45, 2.75) is 97.4 Å². The minimum atomic E-state index is -0.842. The van der Waals surface area contributed by atoms with Crippen molar-refractivity contribution in [2.24, 2.45) is 0 Å². The van der Waals surface area contributed by atoms with E-state index in [2.05, 4.69) is 0 Å². The van der Waals surface area contributed by atoms with E-state index in [1.54, 1.807) is 26.0 Å².